The molecule has 0 bridgehead atoms. The maximum atomic E-state index is 12.1. The quantitative estimate of drug-likeness (QED) is 0.604. The minimum Gasteiger partial charge on any atom is -0.508 e. The maximum Gasteiger partial charge on any atom is 0.329 e. The Hall–Kier alpha value is -2.82. The van der Waals surface area contributed by atoms with Crippen molar-refractivity contribution in [3.05, 3.63) is 65.7 Å². The van der Waals surface area contributed by atoms with Crippen LogP contribution in [0.5, 0.6) is 5.75 Å². The monoisotopic (exact) mass is 299 g/mol. The molecule has 0 aliphatic heterocycles. The Morgan fingerprint density at radius 1 is 1.09 bits per heavy atom. The molecule has 0 fully saturated rings. The van der Waals surface area contributed by atoms with Crippen LogP contribution in [0.3, 0.4) is 0 Å². The normalized spacial score (nSPS) is 11.5. The van der Waals surface area contributed by atoms with Gasteiger partial charge in [-0.2, -0.15) is 0 Å². The number of phenols is 1. The van der Waals surface area contributed by atoms with Crippen LogP contribution in [0.4, 0.5) is 0 Å². The zero-order valence-corrected chi connectivity index (χ0v) is 11.9. The van der Waals surface area contributed by atoms with E-state index in [0.29, 0.717) is 12.8 Å². The molecule has 0 aliphatic carbocycles. The van der Waals surface area contributed by atoms with Gasteiger partial charge in [-0.25, -0.2) is 4.79 Å². The van der Waals surface area contributed by atoms with Crippen LogP contribution in [0.25, 0.3) is 0 Å². The zero-order chi connectivity index (χ0) is 15.8. The number of aromatic hydroxyl groups is 1. The second-order valence-electron chi connectivity index (χ2n) is 4.80. The summed E-state index contributed by atoms with van der Waals surface area (Å²) in [6.07, 6.45) is 0.779. The van der Waals surface area contributed by atoms with E-state index in [0.717, 1.165) is 11.1 Å². The molecule has 0 saturated heterocycles. The van der Waals surface area contributed by atoms with Gasteiger partial charge in [0, 0.05) is 6.42 Å². The Bertz CT molecular complexity index is 610. The first kappa shape index (κ1) is 15.6. The number of amides is 1. The predicted octanol–water partition coefficient (Wildman–Crippen LogP) is 1.79. The first-order valence-electron chi connectivity index (χ1n) is 6.87. The molecule has 2 aromatic carbocycles. The highest BCUT2D eigenvalue weighted by Crippen LogP contribution is 2.12. The van der Waals surface area contributed by atoms with Gasteiger partial charge in [0.2, 0.25) is 6.41 Å². The number of carbonyl (C=O) groups is 2. The van der Waals surface area contributed by atoms with Gasteiger partial charge in [0.15, 0.2) is 0 Å². The third-order valence-corrected chi connectivity index (χ3v) is 3.15. The molecule has 1 atom stereocenters. The summed E-state index contributed by atoms with van der Waals surface area (Å²) in [7, 11) is 0. The zero-order valence-electron chi connectivity index (χ0n) is 11.9. The second-order valence-corrected chi connectivity index (χ2v) is 4.80. The van der Waals surface area contributed by atoms with E-state index in [4.69, 9.17) is 4.74 Å². The van der Waals surface area contributed by atoms with Gasteiger partial charge in [-0.05, 0) is 23.3 Å². The molecule has 114 valence electrons. The van der Waals surface area contributed by atoms with Gasteiger partial charge < -0.3 is 15.2 Å². The Balaban J connectivity index is 1.95. The van der Waals surface area contributed by atoms with Crippen LogP contribution >= 0.6 is 0 Å². The molecule has 5 nitrogen and oxygen atoms in total. The van der Waals surface area contributed by atoms with Crippen molar-refractivity contribution in [3.63, 3.8) is 0 Å². The molecule has 5 heteroatoms. The average Bonchev–Trinajstić information content (AvgIpc) is 2.55. The Morgan fingerprint density at radius 2 is 1.77 bits per heavy atom. The lowest BCUT2D eigenvalue weighted by molar-refractivity contribution is -0.148. The SMILES string of the molecule is O=CN[C@@H](Cc1ccc(O)cc1)C(=O)OCc1ccccc1. The summed E-state index contributed by atoms with van der Waals surface area (Å²) in [4.78, 5) is 22.8. The van der Waals surface area contributed by atoms with Crippen LogP contribution in [-0.4, -0.2) is 23.5 Å². The van der Waals surface area contributed by atoms with Gasteiger partial charge in [-0.3, -0.25) is 4.79 Å². The number of phenolic OH excluding ortho intramolecular Hbond substituents is 1. The topological polar surface area (TPSA) is 75.6 Å². The Labute approximate surface area is 128 Å². The van der Waals surface area contributed by atoms with Gasteiger partial charge >= 0.3 is 5.97 Å². The molecular formula is C17H17NO4. The van der Waals surface area contributed by atoms with Crippen molar-refractivity contribution in [1.29, 1.82) is 0 Å². The lowest BCUT2D eigenvalue weighted by atomic mass is 10.1. The molecule has 2 N–H and O–H groups in total. The molecule has 2 aromatic rings. The Morgan fingerprint density at radius 3 is 2.41 bits per heavy atom. The van der Waals surface area contributed by atoms with E-state index < -0.39 is 12.0 Å². The summed E-state index contributed by atoms with van der Waals surface area (Å²) >= 11 is 0. The van der Waals surface area contributed by atoms with Gasteiger partial charge in [0.05, 0.1) is 0 Å². The number of nitrogens with one attached hydrogen (secondary N) is 1. The van der Waals surface area contributed by atoms with Crippen molar-refractivity contribution in [3.8, 4) is 5.75 Å². The lowest BCUT2D eigenvalue weighted by Crippen LogP contribution is -2.39. The van der Waals surface area contributed by atoms with Crippen LogP contribution in [-0.2, 0) is 27.4 Å². The van der Waals surface area contributed by atoms with Gasteiger partial charge in [-0.15, -0.1) is 0 Å². The largest absolute Gasteiger partial charge is 0.508 e. The smallest absolute Gasteiger partial charge is 0.329 e. The molecule has 0 heterocycles. The van der Waals surface area contributed by atoms with E-state index in [9.17, 15) is 14.7 Å². The van der Waals surface area contributed by atoms with Crippen LogP contribution in [0, 0.1) is 0 Å². The van der Waals surface area contributed by atoms with E-state index in [2.05, 4.69) is 5.32 Å². The van der Waals surface area contributed by atoms with E-state index in [1.165, 1.54) is 12.1 Å². The number of rotatable bonds is 7. The van der Waals surface area contributed by atoms with Crippen molar-refractivity contribution >= 4 is 12.4 Å². The van der Waals surface area contributed by atoms with Crippen molar-refractivity contribution in [1.82, 2.24) is 5.32 Å². The van der Waals surface area contributed by atoms with E-state index in [-0.39, 0.29) is 12.4 Å². The van der Waals surface area contributed by atoms with Crippen molar-refractivity contribution < 1.29 is 19.4 Å². The van der Waals surface area contributed by atoms with Crippen molar-refractivity contribution in [2.75, 3.05) is 0 Å². The fourth-order valence-electron chi connectivity index (χ4n) is 1.99. The first-order valence-corrected chi connectivity index (χ1v) is 6.87. The summed E-state index contributed by atoms with van der Waals surface area (Å²) in [5.74, 6) is -0.348. The third kappa shape index (κ3) is 4.63. The molecule has 2 rings (SSSR count). The summed E-state index contributed by atoms with van der Waals surface area (Å²) in [5, 5.41) is 11.7. The molecular weight excluding hydrogens is 282 g/mol. The molecule has 0 unspecified atom stereocenters. The molecule has 0 aliphatic rings. The van der Waals surface area contributed by atoms with Crippen LogP contribution in [0.15, 0.2) is 54.6 Å². The minimum absolute atomic E-state index is 0.148. The second kappa shape index (κ2) is 7.83. The number of ether oxygens (including phenoxy) is 1. The highest BCUT2D eigenvalue weighted by Gasteiger charge is 2.19. The van der Waals surface area contributed by atoms with Crippen molar-refractivity contribution in [2.45, 2.75) is 19.1 Å². The first-order chi connectivity index (χ1) is 10.7. The van der Waals surface area contributed by atoms with E-state index in [1.54, 1.807) is 12.1 Å². The maximum absolute atomic E-state index is 12.1. The number of carbonyl (C=O) groups excluding carboxylic acids is 2. The summed E-state index contributed by atoms with van der Waals surface area (Å²) < 4.78 is 5.23. The highest BCUT2D eigenvalue weighted by atomic mass is 16.5. The van der Waals surface area contributed by atoms with E-state index in [1.807, 2.05) is 30.3 Å². The number of esters is 1. The lowest BCUT2D eigenvalue weighted by Gasteiger charge is -2.15. The van der Waals surface area contributed by atoms with Crippen LogP contribution in [0.1, 0.15) is 11.1 Å². The Kier molecular flexibility index (Phi) is 5.54. The molecule has 1 amide bonds. The number of hydrogen-bond acceptors (Lipinski definition) is 4. The molecule has 22 heavy (non-hydrogen) atoms. The van der Waals surface area contributed by atoms with Gasteiger partial charge in [0.1, 0.15) is 18.4 Å². The highest BCUT2D eigenvalue weighted by molar-refractivity contribution is 5.78. The van der Waals surface area contributed by atoms with Crippen LogP contribution in [0.2, 0.25) is 0 Å². The molecule has 0 radical (unpaired) electrons. The summed E-state index contributed by atoms with van der Waals surface area (Å²) in [6, 6.07) is 15.0. The van der Waals surface area contributed by atoms with Crippen molar-refractivity contribution in [2.24, 2.45) is 0 Å². The minimum atomic E-state index is -0.759. The number of benzene rings is 2. The molecule has 0 aromatic heterocycles. The van der Waals surface area contributed by atoms with Crippen LogP contribution < -0.4 is 5.32 Å². The van der Waals surface area contributed by atoms with E-state index >= 15 is 0 Å². The summed E-state index contributed by atoms with van der Waals surface area (Å²) in [5.41, 5.74) is 1.69. The predicted molar refractivity (Wildman–Crippen MR) is 81.0 cm³/mol. The fourth-order valence-corrected chi connectivity index (χ4v) is 1.99. The number of hydrogen-bond donors (Lipinski definition) is 2. The average molecular weight is 299 g/mol. The molecule has 0 spiro atoms. The van der Waals surface area contributed by atoms with Gasteiger partial charge in [-0.1, -0.05) is 42.5 Å². The fraction of sp³-hybridized carbons (Fsp3) is 0.176. The van der Waals surface area contributed by atoms with Gasteiger partial charge in [0.25, 0.3) is 0 Å². The molecule has 0 saturated carbocycles. The summed E-state index contributed by atoms with van der Waals surface area (Å²) in [6.45, 7) is 0.159. The standard InChI is InChI=1S/C17H17NO4/c19-12-18-16(10-13-6-8-15(20)9-7-13)17(21)22-11-14-4-2-1-3-5-14/h1-9,12,16,20H,10-11H2,(H,18,19)/t16-/m0/s1. The third-order valence-electron chi connectivity index (χ3n) is 3.15.